The molecule has 0 spiro atoms. The van der Waals surface area contributed by atoms with Gasteiger partial charge in [0.05, 0.1) is 37.7 Å². The number of urea groups is 2. The normalized spacial score (nSPS) is 15.1. The van der Waals surface area contributed by atoms with Crippen LogP contribution >= 0.6 is 0 Å². The van der Waals surface area contributed by atoms with Crippen molar-refractivity contribution < 1.29 is 26.8 Å². The zero-order valence-electron chi connectivity index (χ0n) is 12.8. The van der Waals surface area contributed by atoms with E-state index < -0.39 is 22.1 Å². The van der Waals surface area contributed by atoms with Gasteiger partial charge in [0, 0.05) is 0 Å². The highest BCUT2D eigenvalue weighted by molar-refractivity contribution is 7.88. The van der Waals surface area contributed by atoms with E-state index >= 15 is 0 Å². The molecule has 1 N–H and O–H groups in total. The van der Waals surface area contributed by atoms with Crippen molar-refractivity contribution in [3.8, 4) is 11.3 Å². The van der Waals surface area contributed by atoms with Gasteiger partial charge in [-0.1, -0.05) is 0 Å². The number of furan rings is 2. The zero-order chi connectivity index (χ0) is 17.3. The van der Waals surface area contributed by atoms with Crippen molar-refractivity contribution in [2.45, 2.75) is 6.54 Å². The van der Waals surface area contributed by atoms with E-state index in [1.165, 1.54) is 12.5 Å². The van der Waals surface area contributed by atoms with E-state index in [4.69, 9.17) is 8.83 Å². The Balaban J connectivity index is 1.59. The summed E-state index contributed by atoms with van der Waals surface area (Å²) >= 11 is 0. The van der Waals surface area contributed by atoms with Crippen LogP contribution in [0.5, 0.6) is 0 Å². The van der Waals surface area contributed by atoms with Gasteiger partial charge in [0.1, 0.15) is 17.8 Å². The molecule has 0 bridgehead atoms. The average molecular weight is 353 g/mol. The Bertz CT molecular complexity index is 855. The number of hydrogen-bond acceptors (Lipinski definition) is 6. The molecule has 9 nitrogen and oxygen atoms in total. The van der Waals surface area contributed by atoms with Crippen LogP contribution < -0.4 is 5.32 Å². The number of sulfonamides is 1. The summed E-state index contributed by atoms with van der Waals surface area (Å²) in [4.78, 5) is 24.8. The van der Waals surface area contributed by atoms with E-state index in [0.29, 0.717) is 15.8 Å². The molecule has 1 saturated heterocycles. The van der Waals surface area contributed by atoms with Crippen molar-refractivity contribution in [2.75, 3.05) is 19.3 Å². The third-order valence-corrected chi connectivity index (χ3v) is 4.64. The molecule has 3 rings (SSSR count). The highest BCUT2D eigenvalue weighted by atomic mass is 32.2. The number of rotatable bonds is 4. The van der Waals surface area contributed by atoms with Crippen LogP contribution in [0.3, 0.4) is 0 Å². The number of nitrogens with zero attached hydrogens (tertiary/aromatic N) is 2. The van der Waals surface area contributed by atoms with Crippen molar-refractivity contribution in [1.82, 2.24) is 14.5 Å². The number of amides is 4. The lowest BCUT2D eigenvalue weighted by molar-refractivity contribution is 0.193. The molecule has 3 heterocycles. The van der Waals surface area contributed by atoms with Gasteiger partial charge in [0.15, 0.2) is 0 Å². The van der Waals surface area contributed by atoms with Crippen LogP contribution in [-0.2, 0) is 16.6 Å². The van der Waals surface area contributed by atoms with Crippen LogP contribution in [-0.4, -0.2) is 49.0 Å². The second-order valence-electron chi connectivity index (χ2n) is 5.21. The van der Waals surface area contributed by atoms with E-state index in [2.05, 4.69) is 5.32 Å². The largest absolute Gasteiger partial charge is 0.472 e. The first kappa shape index (κ1) is 16.1. The van der Waals surface area contributed by atoms with Gasteiger partial charge in [-0.15, -0.1) is 0 Å². The van der Waals surface area contributed by atoms with Crippen molar-refractivity contribution in [2.24, 2.45) is 0 Å². The molecule has 2 aromatic rings. The molecule has 1 fully saturated rings. The molecule has 10 heteroatoms. The first-order chi connectivity index (χ1) is 11.4. The summed E-state index contributed by atoms with van der Waals surface area (Å²) in [5.41, 5.74) is 0.770. The molecule has 0 aliphatic carbocycles. The van der Waals surface area contributed by atoms with Crippen LogP contribution in [0.2, 0.25) is 0 Å². The SMILES string of the molecule is CS(=O)(=O)N1CCN(C(=O)NCc2ccc(-c3ccoc3)o2)C1=O. The van der Waals surface area contributed by atoms with Gasteiger partial charge in [-0.05, 0) is 18.2 Å². The maximum atomic E-state index is 12.1. The van der Waals surface area contributed by atoms with Crippen LogP contribution in [0.1, 0.15) is 5.76 Å². The number of carbonyl (C=O) groups excluding carboxylic acids is 2. The number of hydrogen-bond donors (Lipinski definition) is 1. The molecule has 0 radical (unpaired) electrons. The molecular formula is C14H15N3O6S. The van der Waals surface area contributed by atoms with Crippen LogP contribution in [0.25, 0.3) is 11.3 Å². The van der Waals surface area contributed by atoms with Gasteiger partial charge in [-0.3, -0.25) is 0 Å². The summed E-state index contributed by atoms with van der Waals surface area (Å²) in [6.07, 6.45) is 3.97. The Morgan fingerprint density at radius 3 is 2.71 bits per heavy atom. The Labute approximate surface area is 137 Å². The van der Waals surface area contributed by atoms with E-state index in [-0.39, 0.29) is 19.6 Å². The molecule has 1 aliphatic heterocycles. The number of imide groups is 1. The topological polar surface area (TPSA) is 113 Å². The number of carbonyl (C=O) groups is 2. The molecule has 2 aromatic heterocycles. The van der Waals surface area contributed by atoms with Crippen molar-refractivity contribution >= 4 is 22.1 Å². The van der Waals surface area contributed by atoms with E-state index in [1.54, 1.807) is 18.2 Å². The monoisotopic (exact) mass is 353 g/mol. The minimum absolute atomic E-state index is 0.0101. The van der Waals surface area contributed by atoms with Gasteiger partial charge in [-0.25, -0.2) is 27.2 Å². The quantitative estimate of drug-likeness (QED) is 0.890. The Morgan fingerprint density at radius 2 is 2.08 bits per heavy atom. The van der Waals surface area contributed by atoms with Crippen molar-refractivity contribution in [3.63, 3.8) is 0 Å². The van der Waals surface area contributed by atoms with Crippen molar-refractivity contribution in [3.05, 3.63) is 36.5 Å². The lowest BCUT2D eigenvalue weighted by Crippen LogP contribution is -2.43. The maximum absolute atomic E-state index is 12.1. The standard InChI is InChI=1S/C14H15N3O6S/c1-24(20,21)17-6-5-16(14(17)19)13(18)15-8-11-2-3-12(23-11)10-4-7-22-9-10/h2-4,7,9H,5-6,8H2,1H3,(H,15,18). The third kappa shape index (κ3) is 3.13. The predicted molar refractivity (Wildman–Crippen MR) is 82.3 cm³/mol. The van der Waals surface area contributed by atoms with E-state index in [1.807, 2.05) is 0 Å². The molecule has 1 aliphatic rings. The molecule has 24 heavy (non-hydrogen) atoms. The first-order valence-electron chi connectivity index (χ1n) is 7.04. The van der Waals surface area contributed by atoms with Crippen LogP contribution in [0.15, 0.2) is 39.6 Å². The smallest absolute Gasteiger partial charge is 0.341 e. The van der Waals surface area contributed by atoms with Crippen LogP contribution in [0, 0.1) is 0 Å². The maximum Gasteiger partial charge on any atom is 0.341 e. The highest BCUT2D eigenvalue weighted by Gasteiger charge is 2.38. The summed E-state index contributed by atoms with van der Waals surface area (Å²) in [6.45, 7) is 0.0337. The van der Waals surface area contributed by atoms with Gasteiger partial charge < -0.3 is 14.2 Å². The summed E-state index contributed by atoms with van der Waals surface area (Å²) in [6, 6.07) is 3.64. The molecule has 4 amide bonds. The second kappa shape index (κ2) is 6.04. The fraction of sp³-hybridized carbons (Fsp3) is 0.286. The summed E-state index contributed by atoms with van der Waals surface area (Å²) in [5.74, 6) is 1.08. The first-order valence-corrected chi connectivity index (χ1v) is 8.89. The fourth-order valence-corrected chi connectivity index (χ4v) is 3.10. The minimum atomic E-state index is -3.67. The highest BCUT2D eigenvalue weighted by Crippen LogP contribution is 2.22. The molecule has 0 saturated carbocycles. The van der Waals surface area contributed by atoms with Crippen molar-refractivity contribution in [1.29, 1.82) is 0 Å². The molecular weight excluding hydrogens is 338 g/mol. The summed E-state index contributed by atoms with van der Waals surface area (Å²) in [7, 11) is -3.67. The Kier molecular flexibility index (Phi) is 4.06. The molecule has 128 valence electrons. The van der Waals surface area contributed by atoms with Gasteiger partial charge in [-0.2, -0.15) is 0 Å². The lowest BCUT2D eigenvalue weighted by Gasteiger charge is -2.15. The lowest BCUT2D eigenvalue weighted by atomic mass is 10.3. The van der Waals surface area contributed by atoms with Gasteiger partial charge in [0.2, 0.25) is 10.0 Å². The van der Waals surface area contributed by atoms with Gasteiger partial charge >= 0.3 is 12.1 Å². The predicted octanol–water partition coefficient (Wildman–Crippen LogP) is 1.45. The average Bonchev–Trinajstić information content (AvgIpc) is 3.23. The minimum Gasteiger partial charge on any atom is -0.472 e. The van der Waals surface area contributed by atoms with Gasteiger partial charge in [0.25, 0.3) is 0 Å². The summed E-state index contributed by atoms with van der Waals surface area (Å²) < 4.78 is 34.0. The Morgan fingerprint density at radius 1 is 1.29 bits per heavy atom. The molecule has 0 atom stereocenters. The Hall–Kier alpha value is -2.75. The fourth-order valence-electron chi connectivity index (χ4n) is 2.30. The molecule has 0 aromatic carbocycles. The summed E-state index contributed by atoms with van der Waals surface area (Å²) in [5, 5.41) is 2.53. The second-order valence-corrected chi connectivity index (χ2v) is 7.11. The van der Waals surface area contributed by atoms with E-state index in [0.717, 1.165) is 16.7 Å². The zero-order valence-corrected chi connectivity index (χ0v) is 13.6. The van der Waals surface area contributed by atoms with E-state index in [9.17, 15) is 18.0 Å². The molecule has 0 unspecified atom stereocenters. The van der Waals surface area contributed by atoms with Crippen LogP contribution in [0.4, 0.5) is 9.59 Å². The third-order valence-electron chi connectivity index (χ3n) is 3.50. The number of nitrogens with one attached hydrogen (secondary N) is 1.